The van der Waals surface area contributed by atoms with Gasteiger partial charge in [-0.2, -0.15) is 0 Å². The summed E-state index contributed by atoms with van der Waals surface area (Å²) in [7, 11) is 0. The monoisotopic (exact) mass is 326 g/mol. The van der Waals surface area contributed by atoms with E-state index in [1.165, 1.54) is 6.07 Å². The normalized spacial score (nSPS) is 10.5. The lowest BCUT2D eigenvalue weighted by molar-refractivity contribution is -0.121. The molecule has 1 N–H and O–H groups in total. The fourth-order valence-electron chi connectivity index (χ4n) is 2.11. The number of amides is 1. The Balaban J connectivity index is 1.52. The first-order valence-corrected chi connectivity index (χ1v) is 7.45. The Labute approximate surface area is 137 Å². The molecule has 0 radical (unpaired) electrons. The van der Waals surface area contributed by atoms with Crippen LogP contribution in [0.5, 0.6) is 0 Å². The number of halogens is 1. The van der Waals surface area contributed by atoms with Crippen LogP contribution in [-0.4, -0.2) is 21.1 Å². The predicted octanol–water partition coefficient (Wildman–Crippen LogP) is 2.52. The summed E-state index contributed by atoms with van der Waals surface area (Å²) in [6.07, 6.45) is 3.87. The lowest BCUT2D eigenvalue weighted by Crippen LogP contribution is -2.23. The number of benzene rings is 1. The van der Waals surface area contributed by atoms with Gasteiger partial charge in [-0.3, -0.25) is 9.78 Å². The van der Waals surface area contributed by atoms with E-state index in [1.807, 2.05) is 12.1 Å². The Morgan fingerprint density at radius 1 is 1.17 bits per heavy atom. The smallest absolute Gasteiger partial charge is 0.250 e. The van der Waals surface area contributed by atoms with Gasteiger partial charge in [0.1, 0.15) is 5.82 Å². The topological polar surface area (TPSA) is 80.9 Å². The molecule has 7 heteroatoms. The molecule has 0 aliphatic heterocycles. The maximum absolute atomic E-state index is 13.7. The molecule has 3 aromatic rings. The van der Waals surface area contributed by atoms with Gasteiger partial charge >= 0.3 is 0 Å². The van der Waals surface area contributed by atoms with E-state index in [2.05, 4.69) is 20.5 Å². The third-order valence-corrected chi connectivity index (χ3v) is 3.35. The molecule has 1 aromatic carbocycles. The highest BCUT2D eigenvalue weighted by molar-refractivity contribution is 5.76. The number of hydrogen-bond acceptors (Lipinski definition) is 5. The molecule has 0 atom stereocenters. The van der Waals surface area contributed by atoms with Gasteiger partial charge in [-0.15, -0.1) is 10.2 Å². The number of pyridine rings is 1. The second kappa shape index (κ2) is 7.45. The van der Waals surface area contributed by atoms with Gasteiger partial charge in [0.2, 0.25) is 11.8 Å². The molecule has 0 spiro atoms. The fraction of sp³-hybridized carbons (Fsp3) is 0.176. The van der Waals surface area contributed by atoms with Gasteiger partial charge in [-0.1, -0.05) is 18.2 Å². The van der Waals surface area contributed by atoms with Crippen molar-refractivity contribution in [3.05, 3.63) is 66.1 Å². The van der Waals surface area contributed by atoms with Crippen LogP contribution in [0.3, 0.4) is 0 Å². The molecule has 0 unspecified atom stereocenters. The predicted molar refractivity (Wildman–Crippen MR) is 84.1 cm³/mol. The van der Waals surface area contributed by atoms with E-state index in [1.54, 1.807) is 30.6 Å². The number of nitrogens with one attached hydrogen (secondary N) is 1. The average Bonchev–Trinajstić information content (AvgIpc) is 3.08. The van der Waals surface area contributed by atoms with Crippen LogP contribution in [0.1, 0.15) is 17.9 Å². The van der Waals surface area contributed by atoms with Crippen molar-refractivity contribution in [2.75, 3.05) is 0 Å². The Morgan fingerprint density at radius 2 is 2.04 bits per heavy atom. The number of aryl methyl sites for hydroxylation is 1. The number of hydrogen-bond donors (Lipinski definition) is 1. The summed E-state index contributed by atoms with van der Waals surface area (Å²) in [4.78, 5) is 15.8. The highest BCUT2D eigenvalue weighted by Crippen LogP contribution is 2.21. The van der Waals surface area contributed by atoms with E-state index in [0.717, 1.165) is 5.56 Å². The number of rotatable bonds is 6. The third kappa shape index (κ3) is 4.01. The van der Waals surface area contributed by atoms with E-state index in [4.69, 9.17) is 4.42 Å². The van der Waals surface area contributed by atoms with Crippen molar-refractivity contribution in [1.29, 1.82) is 0 Å². The van der Waals surface area contributed by atoms with Crippen LogP contribution < -0.4 is 5.32 Å². The minimum atomic E-state index is -0.429. The summed E-state index contributed by atoms with van der Waals surface area (Å²) in [5.41, 5.74) is 1.17. The van der Waals surface area contributed by atoms with Crippen molar-refractivity contribution in [1.82, 2.24) is 20.5 Å². The zero-order valence-electron chi connectivity index (χ0n) is 12.8. The quantitative estimate of drug-likeness (QED) is 0.753. The molecule has 2 aromatic heterocycles. The van der Waals surface area contributed by atoms with Gasteiger partial charge in [0.25, 0.3) is 5.89 Å². The Morgan fingerprint density at radius 3 is 2.83 bits per heavy atom. The summed E-state index contributed by atoms with van der Waals surface area (Å²) >= 11 is 0. The van der Waals surface area contributed by atoms with Gasteiger partial charge in [-0.05, 0) is 23.8 Å². The summed E-state index contributed by atoms with van der Waals surface area (Å²) in [6, 6.07) is 9.85. The molecule has 0 aliphatic carbocycles. The maximum atomic E-state index is 13.7. The second-order valence-corrected chi connectivity index (χ2v) is 5.12. The van der Waals surface area contributed by atoms with E-state index in [-0.39, 0.29) is 23.8 Å². The zero-order chi connectivity index (χ0) is 16.8. The Bertz CT molecular complexity index is 820. The fourth-order valence-corrected chi connectivity index (χ4v) is 2.11. The van der Waals surface area contributed by atoms with Crippen LogP contribution in [0.25, 0.3) is 11.5 Å². The van der Waals surface area contributed by atoms with Crippen LogP contribution in [0.4, 0.5) is 4.39 Å². The van der Waals surface area contributed by atoms with Crippen molar-refractivity contribution in [2.24, 2.45) is 0 Å². The molecule has 0 bridgehead atoms. The van der Waals surface area contributed by atoms with Crippen LogP contribution in [0.2, 0.25) is 0 Å². The largest absolute Gasteiger partial charge is 0.421 e. The lowest BCUT2D eigenvalue weighted by Gasteiger charge is -2.03. The van der Waals surface area contributed by atoms with E-state index < -0.39 is 5.82 Å². The van der Waals surface area contributed by atoms with E-state index in [0.29, 0.717) is 18.9 Å². The minimum Gasteiger partial charge on any atom is -0.421 e. The molecule has 2 heterocycles. The summed E-state index contributed by atoms with van der Waals surface area (Å²) < 4.78 is 19.1. The van der Waals surface area contributed by atoms with Gasteiger partial charge in [0, 0.05) is 31.8 Å². The Kier molecular flexibility index (Phi) is 4.90. The lowest BCUT2D eigenvalue weighted by atomic mass is 10.2. The molecule has 24 heavy (non-hydrogen) atoms. The van der Waals surface area contributed by atoms with Crippen molar-refractivity contribution in [3.8, 4) is 11.5 Å². The number of aromatic nitrogens is 3. The number of carbonyl (C=O) groups is 1. The maximum Gasteiger partial charge on any atom is 0.250 e. The molecule has 1 amide bonds. The summed E-state index contributed by atoms with van der Waals surface area (Å²) in [5.74, 6) is -0.157. The van der Waals surface area contributed by atoms with Crippen molar-refractivity contribution < 1.29 is 13.6 Å². The van der Waals surface area contributed by atoms with Gasteiger partial charge in [0.05, 0.1) is 5.56 Å². The van der Waals surface area contributed by atoms with Crippen LogP contribution >= 0.6 is 0 Å². The molecule has 3 rings (SSSR count). The molecule has 122 valence electrons. The van der Waals surface area contributed by atoms with Crippen LogP contribution in [0, 0.1) is 5.82 Å². The first-order valence-electron chi connectivity index (χ1n) is 7.45. The molecule has 0 aliphatic rings. The first-order chi connectivity index (χ1) is 11.7. The van der Waals surface area contributed by atoms with E-state index in [9.17, 15) is 9.18 Å². The van der Waals surface area contributed by atoms with Crippen LogP contribution in [-0.2, 0) is 17.8 Å². The SMILES string of the molecule is O=C(CCc1nnc(-c2ccccc2F)o1)NCc1cccnc1. The molecular weight excluding hydrogens is 311 g/mol. The molecule has 0 saturated carbocycles. The van der Waals surface area contributed by atoms with Crippen molar-refractivity contribution in [3.63, 3.8) is 0 Å². The number of nitrogens with zero attached hydrogens (tertiary/aromatic N) is 3. The summed E-state index contributed by atoms with van der Waals surface area (Å²) in [6.45, 7) is 0.414. The summed E-state index contributed by atoms with van der Waals surface area (Å²) in [5, 5.41) is 10.5. The highest BCUT2D eigenvalue weighted by Gasteiger charge is 2.13. The standard InChI is InChI=1S/C17H15FN4O2/c18-14-6-2-1-5-13(14)17-22-21-16(24-17)8-7-15(23)20-11-12-4-3-9-19-10-12/h1-6,9-10H,7-8,11H2,(H,20,23). The molecule has 0 saturated heterocycles. The van der Waals surface area contributed by atoms with Crippen LogP contribution in [0.15, 0.2) is 53.2 Å². The van der Waals surface area contributed by atoms with Gasteiger partial charge in [-0.25, -0.2) is 4.39 Å². The average molecular weight is 326 g/mol. The Hall–Kier alpha value is -3.09. The third-order valence-electron chi connectivity index (χ3n) is 3.35. The number of carbonyl (C=O) groups excluding carboxylic acids is 1. The zero-order valence-corrected chi connectivity index (χ0v) is 12.8. The van der Waals surface area contributed by atoms with E-state index >= 15 is 0 Å². The second-order valence-electron chi connectivity index (χ2n) is 5.12. The van der Waals surface area contributed by atoms with Gasteiger partial charge in [0.15, 0.2) is 0 Å². The molecular formula is C17H15FN4O2. The van der Waals surface area contributed by atoms with Gasteiger partial charge < -0.3 is 9.73 Å². The first kappa shape index (κ1) is 15.8. The highest BCUT2D eigenvalue weighted by atomic mass is 19.1. The molecule has 0 fully saturated rings. The minimum absolute atomic E-state index is 0.110. The van der Waals surface area contributed by atoms with Crippen molar-refractivity contribution >= 4 is 5.91 Å². The molecule has 6 nitrogen and oxygen atoms in total. The van der Waals surface area contributed by atoms with Crippen molar-refractivity contribution in [2.45, 2.75) is 19.4 Å².